The van der Waals surface area contributed by atoms with E-state index < -0.39 is 0 Å². The van der Waals surface area contributed by atoms with Gasteiger partial charge in [0.05, 0.1) is 0 Å². The third-order valence-corrected chi connectivity index (χ3v) is 0. The molecule has 0 aromatic rings. The van der Waals surface area contributed by atoms with Gasteiger partial charge in [0, 0.05) is 21.1 Å². The monoisotopic (exact) mass is 206 g/mol. The van der Waals surface area contributed by atoms with Crippen molar-refractivity contribution in [1.29, 1.82) is 0 Å². The normalized spacial score (nSPS) is 0. The third-order valence-electron chi connectivity index (χ3n) is 0. The molecule has 4 heavy (non-hydrogen) atoms. The Morgan fingerprint density at radius 3 is 0.500 bits per heavy atom. The van der Waals surface area contributed by atoms with Crippen LogP contribution in [-0.4, -0.2) is 0 Å². The summed E-state index contributed by atoms with van der Waals surface area (Å²) in [6.07, 6.45) is 0. The Kier molecular flexibility index (Phi) is 283. The maximum absolute atomic E-state index is 0. The summed E-state index contributed by atoms with van der Waals surface area (Å²) in [6, 6.07) is 0. The maximum Gasteiger partial charge on any atom is 0 e. The van der Waals surface area contributed by atoms with Crippen molar-refractivity contribution in [3.63, 3.8) is 0 Å². The molecule has 0 bridgehead atoms. The summed E-state index contributed by atoms with van der Waals surface area (Å²) >= 11 is 0. The van der Waals surface area contributed by atoms with E-state index in [-0.39, 0.29) is 58.3 Å². The quantitative estimate of drug-likeness (QED) is 0.522. The van der Waals surface area contributed by atoms with Crippen LogP contribution in [0.5, 0.6) is 0 Å². The molecule has 0 radical (unpaired) electrons. The van der Waals surface area contributed by atoms with Crippen molar-refractivity contribution < 1.29 is 21.1 Å². The van der Waals surface area contributed by atoms with Gasteiger partial charge in [-0.2, -0.15) is 0 Å². The summed E-state index contributed by atoms with van der Waals surface area (Å²) in [7, 11) is 0. The van der Waals surface area contributed by atoms with E-state index in [0.717, 1.165) is 0 Å². The predicted octanol–water partition coefficient (Wildman–Crippen LogP) is 1.26. The largest absolute Gasteiger partial charge is 0.147 e. The van der Waals surface area contributed by atoms with E-state index in [9.17, 15) is 0 Å². The molecule has 0 fully saturated rings. The Morgan fingerprint density at radius 1 is 0.500 bits per heavy atom. The van der Waals surface area contributed by atoms with Gasteiger partial charge in [-0.1, -0.05) is 0 Å². The van der Waals surface area contributed by atoms with Gasteiger partial charge in [0.1, 0.15) is 0 Å². The summed E-state index contributed by atoms with van der Waals surface area (Å²) in [5.41, 5.74) is 0. The number of hydrogen-bond acceptors (Lipinski definition) is 0. The zero-order valence-corrected chi connectivity index (χ0v) is 6.09. The van der Waals surface area contributed by atoms with Crippen LogP contribution < -0.4 is 0 Å². The molecule has 4 heteroatoms. The second kappa shape index (κ2) is 23.8. The van der Waals surface area contributed by atoms with Crippen LogP contribution in [0.2, 0.25) is 0 Å². The van der Waals surface area contributed by atoms with Crippen molar-refractivity contribution >= 4 is 37.2 Å². The molecule has 0 N–H and O–H groups in total. The zero-order chi connectivity index (χ0) is 0. The van der Waals surface area contributed by atoms with E-state index >= 15 is 0 Å². The van der Waals surface area contributed by atoms with E-state index in [0.29, 0.717) is 0 Å². The summed E-state index contributed by atoms with van der Waals surface area (Å²) in [4.78, 5) is 0. The molecule has 0 aromatic carbocycles. The molecule has 0 nitrogen and oxygen atoms in total. The first-order chi connectivity index (χ1) is 0. The average Bonchev–Trinajstić information content (AvgIpc) is 0. The van der Waals surface area contributed by atoms with Crippen LogP contribution in [0.15, 0.2) is 0 Å². The van der Waals surface area contributed by atoms with E-state index in [4.69, 9.17) is 0 Å². The SMILES string of the molecule is Cl.Cl.Cl.[Mo]. The van der Waals surface area contributed by atoms with E-state index in [1.54, 1.807) is 0 Å². The molecular weight excluding hydrogens is 202 g/mol. The van der Waals surface area contributed by atoms with Gasteiger partial charge in [0.25, 0.3) is 0 Å². The molecule has 0 rings (SSSR count). The molecule has 0 amide bonds. The van der Waals surface area contributed by atoms with Crippen molar-refractivity contribution in [3.8, 4) is 0 Å². The van der Waals surface area contributed by atoms with Crippen LogP contribution in [0.25, 0.3) is 0 Å². The summed E-state index contributed by atoms with van der Waals surface area (Å²) in [6.45, 7) is 0. The minimum Gasteiger partial charge on any atom is -0.147 e. The van der Waals surface area contributed by atoms with Crippen LogP contribution in [0.4, 0.5) is 0 Å². The maximum atomic E-state index is 0. The standard InChI is InChI=1S/3ClH.Mo/h3*1H;. The van der Waals surface area contributed by atoms with Crippen molar-refractivity contribution in [2.24, 2.45) is 0 Å². The van der Waals surface area contributed by atoms with Gasteiger partial charge >= 0.3 is 0 Å². The Balaban J connectivity index is 0. The molecule has 0 aliphatic carbocycles. The van der Waals surface area contributed by atoms with Gasteiger partial charge in [0.2, 0.25) is 0 Å². The van der Waals surface area contributed by atoms with Crippen molar-refractivity contribution in [1.82, 2.24) is 0 Å². The molecule has 30 valence electrons. The minimum atomic E-state index is 0. The van der Waals surface area contributed by atoms with Crippen LogP contribution in [-0.2, 0) is 21.1 Å². The fourth-order valence-corrected chi connectivity index (χ4v) is 0. The molecule has 0 saturated carbocycles. The molecule has 0 saturated heterocycles. The van der Waals surface area contributed by atoms with Crippen molar-refractivity contribution in [2.75, 3.05) is 0 Å². The molecule has 0 unspecified atom stereocenters. The van der Waals surface area contributed by atoms with Crippen LogP contribution in [0.3, 0.4) is 0 Å². The number of halogens is 3. The van der Waals surface area contributed by atoms with E-state index in [2.05, 4.69) is 0 Å². The van der Waals surface area contributed by atoms with Crippen LogP contribution >= 0.6 is 37.2 Å². The average molecular weight is 205 g/mol. The smallest absolute Gasteiger partial charge is 0 e. The summed E-state index contributed by atoms with van der Waals surface area (Å²) in [5.74, 6) is 0. The van der Waals surface area contributed by atoms with Gasteiger partial charge in [0.15, 0.2) is 0 Å². The van der Waals surface area contributed by atoms with E-state index in [1.807, 2.05) is 0 Å². The van der Waals surface area contributed by atoms with Gasteiger partial charge in [-0.15, -0.1) is 37.2 Å². The Hall–Kier alpha value is 1.56. The molecule has 0 aromatic heterocycles. The second-order valence-electron chi connectivity index (χ2n) is 0. The minimum absolute atomic E-state index is 0. The van der Waals surface area contributed by atoms with Gasteiger partial charge in [-0.25, -0.2) is 0 Å². The first-order valence-corrected chi connectivity index (χ1v) is 0. The van der Waals surface area contributed by atoms with Crippen LogP contribution in [0, 0.1) is 0 Å². The fourth-order valence-electron chi connectivity index (χ4n) is 0. The molecule has 0 heterocycles. The Morgan fingerprint density at radius 2 is 0.500 bits per heavy atom. The third kappa shape index (κ3) is 9.59. The van der Waals surface area contributed by atoms with Crippen molar-refractivity contribution in [2.45, 2.75) is 0 Å². The number of hydrogen-bond donors (Lipinski definition) is 0. The van der Waals surface area contributed by atoms with E-state index in [1.165, 1.54) is 0 Å². The fraction of sp³-hybridized carbons (Fsp3) is 0. The predicted molar refractivity (Wildman–Crippen MR) is 21.7 cm³/mol. The molecular formula is H3Cl3Mo. The number of rotatable bonds is 0. The molecule has 0 spiro atoms. The second-order valence-corrected chi connectivity index (χ2v) is 0. The molecule has 0 aliphatic rings. The topological polar surface area (TPSA) is 0 Å². The summed E-state index contributed by atoms with van der Waals surface area (Å²) in [5, 5.41) is 0. The van der Waals surface area contributed by atoms with Crippen LogP contribution in [0.1, 0.15) is 0 Å². The zero-order valence-electron chi connectivity index (χ0n) is 1.63. The van der Waals surface area contributed by atoms with Gasteiger partial charge in [-0.05, 0) is 0 Å². The first-order valence-electron chi connectivity index (χ1n) is 0. The Labute approximate surface area is 58.2 Å². The Bertz CT molecular complexity index is 3.25. The van der Waals surface area contributed by atoms with Gasteiger partial charge in [-0.3, -0.25) is 0 Å². The first kappa shape index (κ1) is 47.6. The molecule has 0 aliphatic heterocycles. The van der Waals surface area contributed by atoms with Crippen molar-refractivity contribution in [3.05, 3.63) is 0 Å². The summed E-state index contributed by atoms with van der Waals surface area (Å²) < 4.78 is 0. The molecule has 0 atom stereocenters. The van der Waals surface area contributed by atoms with Gasteiger partial charge < -0.3 is 0 Å².